The van der Waals surface area contributed by atoms with Crippen LogP contribution in [0.25, 0.3) is 11.0 Å². The summed E-state index contributed by atoms with van der Waals surface area (Å²) in [6, 6.07) is 3.04. The number of halogens is 2. The minimum absolute atomic E-state index is 0.0228. The van der Waals surface area contributed by atoms with E-state index in [1.807, 2.05) is 0 Å². The molecular weight excluding hydrogens is 380 g/mol. The van der Waals surface area contributed by atoms with Gasteiger partial charge in [0.05, 0.1) is 4.83 Å². The lowest BCUT2D eigenvalue weighted by Gasteiger charge is -2.10. The first-order chi connectivity index (χ1) is 8.84. The minimum Gasteiger partial charge on any atom is -0.507 e. The number of ketones is 1. The number of fused-ring (bicyclic) bond motifs is 1. The van der Waals surface area contributed by atoms with E-state index in [1.54, 1.807) is 19.9 Å². The largest absolute Gasteiger partial charge is 0.507 e. The molecule has 1 aromatic carbocycles. The lowest BCUT2D eigenvalue weighted by atomic mass is 10.0. The van der Waals surface area contributed by atoms with Crippen molar-refractivity contribution in [1.82, 2.24) is 0 Å². The highest BCUT2D eigenvalue weighted by atomic mass is 79.9. The van der Waals surface area contributed by atoms with Crippen LogP contribution >= 0.6 is 31.9 Å². The van der Waals surface area contributed by atoms with Crippen molar-refractivity contribution >= 4 is 48.6 Å². The van der Waals surface area contributed by atoms with E-state index in [9.17, 15) is 14.7 Å². The molecule has 0 fully saturated rings. The summed E-state index contributed by atoms with van der Waals surface area (Å²) < 4.78 is 5.47. The third-order valence-electron chi connectivity index (χ3n) is 2.85. The zero-order chi connectivity index (χ0) is 14.3. The van der Waals surface area contributed by atoms with Gasteiger partial charge in [-0.15, -0.1) is 0 Å². The Balaban J connectivity index is 2.95. The first-order valence-corrected chi connectivity index (χ1v) is 7.18. The van der Waals surface area contributed by atoms with Crippen LogP contribution in [0.4, 0.5) is 0 Å². The number of alkyl halides is 1. The lowest BCUT2D eigenvalue weighted by molar-refractivity contribution is 0.0994. The van der Waals surface area contributed by atoms with Gasteiger partial charge in [0.15, 0.2) is 11.4 Å². The molecule has 6 heteroatoms. The fraction of sp³-hybridized carbons (Fsp3) is 0.231. The van der Waals surface area contributed by atoms with Crippen LogP contribution in [0.2, 0.25) is 0 Å². The number of rotatable bonds is 2. The van der Waals surface area contributed by atoms with Gasteiger partial charge in [-0.3, -0.25) is 4.79 Å². The number of phenols is 1. The van der Waals surface area contributed by atoms with Crippen molar-refractivity contribution in [2.24, 2.45) is 0 Å². The molecule has 0 spiro atoms. The molecule has 0 radical (unpaired) electrons. The Hall–Kier alpha value is -1.14. The van der Waals surface area contributed by atoms with Gasteiger partial charge >= 0.3 is 5.63 Å². The normalized spacial score (nSPS) is 12.6. The summed E-state index contributed by atoms with van der Waals surface area (Å²) in [6.07, 6.45) is 0. The zero-order valence-corrected chi connectivity index (χ0v) is 13.3. The maximum Gasteiger partial charge on any atom is 0.350 e. The Bertz CT molecular complexity index is 731. The molecule has 0 aliphatic heterocycles. The number of aromatic hydroxyl groups is 1. The summed E-state index contributed by atoms with van der Waals surface area (Å²) in [6.45, 7) is 3.39. The molecule has 4 nitrogen and oxygen atoms in total. The van der Waals surface area contributed by atoms with Crippen LogP contribution in [0.1, 0.15) is 22.8 Å². The Morgan fingerprint density at radius 2 is 2.05 bits per heavy atom. The summed E-state index contributed by atoms with van der Waals surface area (Å²) >= 11 is 6.30. The quantitative estimate of drug-likeness (QED) is 0.484. The number of aryl methyl sites for hydroxylation is 1. The van der Waals surface area contributed by atoms with E-state index >= 15 is 0 Å². The standard InChI is InChI=1S/C13H10Br2O4/c1-5-7-3-4-8(16)9(11(17)6(2)14)12(7)19-13(18)10(5)15/h3-4,6,16H,1-2H3/t6-/m1/s1. The molecule has 19 heavy (non-hydrogen) atoms. The van der Waals surface area contributed by atoms with E-state index in [-0.39, 0.29) is 22.7 Å². The van der Waals surface area contributed by atoms with E-state index in [0.717, 1.165) is 0 Å². The second-order valence-electron chi connectivity index (χ2n) is 4.15. The van der Waals surface area contributed by atoms with Crippen LogP contribution in [0, 0.1) is 6.92 Å². The highest BCUT2D eigenvalue weighted by Crippen LogP contribution is 2.32. The molecule has 0 unspecified atom stereocenters. The Kier molecular flexibility index (Phi) is 3.82. The van der Waals surface area contributed by atoms with Crippen LogP contribution in [-0.4, -0.2) is 15.7 Å². The second-order valence-corrected chi connectivity index (χ2v) is 6.31. The molecule has 0 saturated heterocycles. The first-order valence-electron chi connectivity index (χ1n) is 5.47. The smallest absolute Gasteiger partial charge is 0.350 e. The SMILES string of the molecule is Cc1c(Br)c(=O)oc2c(C(=O)[C@@H](C)Br)c(O)ccc12. The molecule has 0 saturated carbocycles. The van der Waals surface area contributed by atoms with Crippen LogP contribution < -0.4 is 5.63 Å². The highest BCUT2D eigenvalue weighted by molar-refractivity contribution is 9.10. The van der Waals surface area contributed by atoms with Crippen LogP contribution in [-0.2, 0) is 0 Å². The van der Waals surface area contributed by atoms with Crippen LogP contribution in [0.5, 0.6) is 5.75 Å². The number of hydrogen-bond donors (Lipinski definition) is 1. The summed E-state index contributed by atoms with van der Waals surface area (Å²) in [5, 5.41) is 10.5. The van der Waals surface area contributed by atoms with E-state index in [4.69, 9.17) is 4.42 Å². The molecule has 0 bridgehead atoms. The lowest BCUT2D eigenvalue weighted by Crippen LogP contribution is -2.12. The molecule has 100 valence electrons. The monoisotopic (exact) mass is 388 g/mol. The van der Waals surface area contributed by atoms with Gasteiger partial charge in [-0.1, -0.05) is 15.9 Å². The van der Waals surface area contributed by atoms with Gasteiger partial charge in [0.2, 0.25) is 0 Å². The van der Waals surface area contributed by atoms with Crippen molar-refractivity contribution in [2.45, 2.75) is 18.7 Å². The van der Waals surface area contributed by atoms with Gasteiger partial charge in [-0.05, 0) is 47.5 Å². The molecule has 1 N–H and O–H groups in total. The van der Waals surface area contributed by atoms with E-state index in [2.05, 4.69) is 31.9 Å². The third-order valence-corrected chi connectivity index (χ3v) is 4.18. The second kappa shape index (κ2) is 5.09. The minimum atomic E-state index is -0.577. The molecule has 0 aliphatic rings. The molecule has 0 amide bonds. The van der Waals surface area contributed by atoms with Crippen molar-refractivity contribution in [3.8, 4) is 5.75 Å². The van der Waals surface area contributed by atoms with E-state index in [1.165, 1.54) is 6.07 Å². The summed E-state index contributed by atoms with van der Waals surface area (Å²) in [4.78, 5) is 23.3. The molecule has 1 heterocycles. The predicted octanol–water partition coefficient (Wildman–Crippen LogP) is 3.54. The maximum atomic E-state index is 12.1. The molecule has 1 atom stereocenters. The Morgan fingerprint density at radius 1 is 1.42 bits per heavy atom. The number of Topliss-reactive ketones (excluding diaryl/α,β-unsaturated/α-hetero) is 1. The topological polar surface area (TPSA) is 67.5 Å². The number of hydrogen-bond acceptors (Lipinski definition) is 4. The average molecular weight is 390 g/mol. The van der Waals surface area contributed by atoms with Gasteiger partial charge in [0, 0.05) is 5.39 Å². The van der Waals surface area contributed by atoms with Crippen molar-refractivity contribution in [3.05, 3.63) is 38.2 Å². The Morgan fingerprint density at radius 3 is 2.63 bits per heavy atom. The van der Waals surface area contributed by atoms with Crippen LogP contribution in [0.15, 0.2) is 25.8 Å². The van der Waals surface area contributed by atoms with Crippen molar-refractivity contribution in [3.63, 3.8) is 0 Å². The first kappa shape index (κ1) is 14.3. The van der Waals surface area contributed by atoms with Crippen LogP contribution in [0.3, 0.4) is 0 Å². The van der Waals surface area contributed by atoms with Gasteiger partial charge in [0.1, 0.15) is 15.8 Å². The van der Waals surface area contributed by atoms with Gasteiger partial charge in [-0.25, -0.2) is 4.79 Å². The summed E-state index contributed by atoms with van der Waals surface area (Å²) in [5.74, 6) is -0.540. The van der Waals surface area contributed by atoms with E-state index in [0.29, 0.717) is 15.4 Å². The number of phenolic OH excluding ortho intramolecular Hbond substituents is 1. The van der Waals surface area contributed by atoms with Crippen molar-refractivity contribution in [1.29, 1.82) is 0 Å². The van der Waals surface area contributed by atoms with E-state index < -0.39 is 10.5 Å². The van der Waals surface area contributed by atoms with Gasteiger partial charge in [0.25, 0.3) is 0 Å². The number of carbonyl (C=O) groups excluding carboxylic acids is 1. The molecule has 2 rings (SSSR count). The third kappa shape index (κ3) is 2.34. The van der Waals surface area contributed by atoms with Gasteiger partial charge < -0.3 is 9.52 Å². The molecular formula is C13H10Br2O4. The average Bonchev–Trinajstić information content (AvgIpc) is 2.35. The Labute approximate surface area is 125 Å². The number of benzene rings is 1. The fourth-order valence-electron chi connectivity index (χ4n) is 1.82. The summed E-state index contributed by atoms with van der Waals surface area (Å²) in [7, 11) is 0. The maximum absolute atomic E-state index is 12.1. The predicted molar refractivity (Wildman–Crippen MR) is 79.3 cm³/mol. The molecule has 0 aliphatic carbocycles. The molecule has 1 aromatic heterocycles. The molecule has 2 aromatic rings. The highest BCUT2D eigenvalue weighted by Gasteiger charge is 2.23. The number of carbonyl (C=O) groups is 1. The fourth-order valence-corrected chi connectivity index (χ4v) is 2.34. The van der Waals surface area contributed by atoms with Crippen molar-refractivity contribution < 1.29 is 14.3 Å². The van der Waals surface area contributed by atoms with Crippen molar-refractivity contribution in [2.75, 3.05) is 0 Å². The summed E-state index contributed by atoms with van der Waals surface area (Å²) in [5.41, 5.74) is 0.228. The zero-order valence-electron chi connectivity index (χ0n) is 10.2. The van der Waals surface area contributed by atoms with Gasteiger partial charge in [-0.2, -0.15) is 0 Å².